The molecule has 3 aliphatic rings. The summed E-state index contributed by atoms with van der Waals surface area (Å²) >= 11 is 0. The molecule has 174 valence electrons. The van der Waals surface area contributed by atoms with Crippen molar-refractivity contribution < 1.29 is 33.5 Å². The van der Waals surface area contributed by atoms with E-state index in [2.05, 4.69) is 0 Å². The average Bonchev–Trinajstić information content (AvgIpc) is 3.14. The number of hydrogen-bond donors (Lipinski definition) is 3. The summed E-state index contributed by atoms with van der Waals surface area (Å²) in [5.41, 5.74) is 7.72. The Morgan fingerprint density at radius 2 is 1.69 bits per heavy atom. The predicted octanol–water partition coefficient (Wildman–Crippen LogP) is 3.19. The summed E-state index contributed by atoms with van der Waals surface area (Å²) in [6.07, 6.45) is -0.166. The fourth-order valence-electron chi connectivity index (χ4n) is 4.05. The summed E-state index contributed by atoms with van der Waals surface area (Å²) < 4.78 is 5.96. The lowest BCUT2D eigenvalue weighted by molar-refractivity contribution is -0.172. The maximum absolute atomic E-state index is 13.2. The van der Waals surface area contributed by atoms with Gasteiger partial charge in [-0.3, -0.25) is 9.59 Å². The third kappa shape index (κ3) is 3.76. The number of amides is 2. The number of carboxylic acid groups (broad SMARTS) is 1. The van der Waals surface area contributed by atoms with Crippen LogP contribution in [0.5, 0.6) is 0 Å². The van der Waals surface area contributed by atoms with E-state index in [4.69, 9.17) is 20.4 Å². The van der Waals surface area contributed by atoms with Gasteiger partial charge in [-0.2, -0.15) is 0 Å². The minimum Gasteiger partial charge on any atom is -0.478 e. The molecule has 2 aromatic rings. The highest BCUT2D eigenvalue weighted by atomic mass is 16.7. The molecular formula is C25H17N3O7. The van der Waals surface area contributed by atoms with Crippen LogP contribution in [0.4, 0.5) is 5.69 Å². The minimum atomic E-state index is -1.27. The Hall–Kier alpha value is -4.99. The molecule has 2 amide bonds. The minimum absolute atomic E-state index is 0.0829. The molecule has 10 nitrogen and oxygen atoms in total. The molecule has 2 heterocycles. The molecule has 1 saturated heterocycles. The number of nitrogens with two attached hydrogens (primary N) is 1. The topological polar surface area (TPSA) is 164 Å². The number of benzene rings is 3. The van der Waals surface area contributed by atoms with E-state index >= 15 is 0 Å². The lowest BCUT2D eigenvalue weighted by Crippen LogP contribution is -2.32. The van der Waals surface area contributed by atoms with Crippen LogP contribution in [0.25, 0.3) is 33.4 Å². The molecule has 10 heteroatoms. The Morgan fingerprint density at radius 3 is 2.40 bits per heavy atom. The van der Waals surface area contributed by atoms with Crippen LogP contribution in [0.1, 0.15) is 33.6 Å². The largest absolute Gasteiger partial charge is 0.478 e. The van der Waals surface area contributed by atoms with Crippen LogP contribution >= 0.6 is 0 Å². The van der Waals surface area contributed by atoms with E-state index < -0.39 is 23.8 Å². The van der Waals surface area contributed by atoms with Gasteiger partial charge in [-0.25, -0.2) is 9.59 Å². The number of carbonyl (C=O) groups excluding carboxylic acids is 3. The molecule has 1 fully saturated rings. The summed E-state index contributed by atoms with van der Waals surface area (Å²) in [4.78, 5) is 53.9. The fraction of sp³-hybridized carbons (Fsp3) is 0.0800. The van der Waals surface area contributed by atoms with Gasteiger partial charge in [0.05, 0.1) is 16.5 Å². The first-order chi connectivity index (χ1) is 16.7. The maximum atomic E-state index is 13.2. The van der Waals surface area contributed by atoms with Crippen LogP contribution in [0.15, 0.2) is 59.0 Å². The normalized spacial score (nSPS) is 13.5. The van der Waals surface area contributed by atoms with Gasteiger partial charge in [-0.1, -0.05) is 6.07 Å². The van der Waals surface area contributed by atoms with Crippen LogP contribution in [-0.2, 0) is 14.4 Å². The summed E-state index contributed by atoms with van der Waals surface area (Å²) in [5.74, 6) is -3.32. The van der Waals surface area contributed by atoms with Crippen molar-refractivity contribution in [2.24, 2.45) is 0 Å². The van der Waals surface area contributed by atoms with E-state index in [0.29, 0.717) is 38.6 Å². The number of carbonyl (C=O) groups is 4. The number of nitrogen functional groups attached to an aromatic ring is 1. The molecule has 0 unspecified atom stereocenters. The van der Waals surface area contributed by atoms with Crippen molar-refractivity contribution in [3.63, 3.8) is 0 Å². The van der Waals surface area contributed by atoms with Gasteiger partial charge < -0.3 is 25.5 Å². The van der Waals surface area contributed by atoms with Crippen molar-refractivity contribution in [1.29, 1.82) is 5.41 Å². The van der Waals surface area contributed by atoms with Gasteiger partial charge in [0.2, 0.25) is 0 Å². The number of carboxylic acids is 1. The quantitative estimate of drug-likeness (QED) is 0.232. The second kappa shape index (κ2) is 8.10. The number of hydrogen-bond acceptors (Lipinski definition) is 8. The van der Waals surface area contributed by atoms with E-state index in [9.17, 15) is 24.3 Å². The summed E-state index contributed by atoms with van der Waals surface area (Å²) in [5, 5.41) is 18.6. The fourth-order valence-corrected chi connectivity index (χ4v) is 4.05. The number of hydroxylamine groups is 2. The second-order valence-electron chi connectivity index (χ2n) is 7.97. The zero-order chi connectivity index (χ0) is 24.9. The number of nitrogens with zero attached hydrogens (tertiary/aromatic N) is 1. The van der Waals surface area contributed by atoms with Crippen LogP contribution in [0.3, 0.4) is 0 Å². The summed E-state index contributed by atoms with van der Waals surface area (Å²) in [6.45, 7) is 0. The first-order valence-electron chi connectivity index (χ1n) is 10.5. The highest BCUT2D eigenvalue weighted by molar-refractivity contribution is 6.10. The maximum Gasteiger partial charge on any atom is 0.364 e. The second-order valence-corrected chi connectivity index (χ2v) is 7.97. The van der Waals surface area contributed by atoms with Crippen molar-refractivity contribution in [2.75, 3.05) is 5.73 Å². The molecule has 0 bridgehead atoms. The first kappa shape index (κ1) is 21.8. The number of fused-ring (bicyclic) bond motifs is 2. The Bertz CT molecular complexity index is 1590. The van der Waals surface area contributed by atoms with Gasteiger partial charge in [0.1, 0.15) is 11.3 Å². The molecule has 0 saturated carbocycles. The summed E-state index contributed by atoms with van der Waals surface area (Å²) in [6, 6.07) is 13.6. The van der Waals surface area contributed by atoms with Crippen molar-refractivity contribution in [3.05, 3.63) is 71.1 Å². The molecule has 4 N–H and O–H groups in total. The zero-order valence-electron chi connectivity index (χ0n) is 18.0. The number of nitrogens with one attached hydrogen (secondary N) is 1. The number of imide groups is 1. The Morgan fingerprint density at radius 1 is 0.971 bits per heavy atom. The van der Waals surface area contributed by atoms with Crippen molar-refractivity contribution >= 4 is 40.4 Å². The number of rotatable bonds is 4. The van der Waals surface area contributed by atoms with E-state index in [1.807, 2.05) is 0 Å². The van der Waals surface area contributed by atoms with Gasteiger partial charge in [-0.05, 0) is 42.0 Å². The molecule has 1 aliphatic carbocycles. The van der Waals surface area contributed by atoms with Crippen molar-refractivity contribution in [1.82, 2.24) is 5.06 Å². The standard InChI is InChI=1S/C25H17N3O7/c26-13-2-5-16-19(10-13)34-20-11-14(27)3-6-17(20)23(16)15-4-1-12(24(31)32)9-18(15)25(33)35-28-21(29)7-8-22(28)30/h1-6,9-11,26H,7-8,27H2,(H,31,32). The number of aromatic carboxylic acids is 1. The molecular weight excluding hydrogens is 454 g/mol. The lowest BCUT2D eigenvalue weighted by atomic mass is 9.90. The molecule has 0 aromatic heterocycles. The monoisotopic (exact) mass is 471 g/mol. The highest BCUT2D eigenvalue weighted by Gasteiger charge is 2.34. The van der Waals surface area contributed by atoms with Gasteiger partial charge >= 0.3 is 11.9 Å². The van der Waals surface area contributed by atoms with Gasteiger partial charge in [-0.15, -0.1) is 5.06 Å². The predicted molar refractivity (Wildman–Crippen MR) is 122 cm³/mol. The van der Waals surface area contributed by atoms with Gasteiger partial charge in [0.15, 0.2) is 0 Å². The van der Waals surface area contributed by atoms with E-state index in [0.717, 1.165) is 6.07 Å². The van der Waals surface area contributed by atoms with Crippen molar-refractivity contribution in [3.8, 4) is 22.5 Å². The van der Waals surface area contributed by atoms with Crippen LogP contribution < -0.4 is 11.1 Å². The van der Waals surface area contributed by atoms with E-state index in [1.165, 1.54) is 18.2 Å². The van der Waals surface area contributed by atoms with Gasteiger partial charge in [0.25, 0.3) is 11.8 Å². The van der Waals surface area contributed by atoms with Crippen LogP contribution in [-0.4, -0.2) is 33.9 Å². The third-order valence-electron chi connectivity index (χ3n) is 5.68. The van der Waals surface area contributed by atoms with Crippen molar-refractivity contribution in [2.45, 2.75) is 12.8 Å². The molecule has 0 radical (unpaired) electrons. The molecule has 2 aromatic carbocycles. The Kier molecular flexibility index (Phi) is 5.05. The molecule has 0 atom stereocenters. The number of anilines is 1. The van der Waals surface area contributed by atoms with E-state index in [-0.39, 0.29) is 34.9 Å². The Balaban J connectivity index is 1.78. The highest BCUT2D eigenvalue weighted by Crippen LogP contribution is 2.42. The third-order valence-corrected chi connectivity index (χ3v) is 5.68. The SMILES string of the molecule is N=c1ccc2c(-c3ccc(C(=O)O)cc3C(=O)ON3C(=O)CCC3=O)c3ccc(N)cc3oc-2c1. The average molecular weight is 471 g/mol. The Labute approximate surface area is 196 Å². The van der Waals surface area contributed by atoms with Crippen LogP contribution in [0.2, 0.25) is 0 Å². The summed E-state index contributed by atoms with van der Waals surface area (Å²) in [7, 11) is 0. The van der Waals surface area contributed by atoms with Crippen LogP contribution in [0, 0.1) is 5.41 Å². The zero-order valence-corrected chi connectivity index (χ0v) is 18.0. The lowest BCUT2D eigenvalue weighted by Gasteiger charge is -2.19. The first-order valence-corrected chi connectivity index (χ1v) is 10.5. The van der Waals surface area contributed by atoms with Gasteiger partial charge in [0, 0.05) is 47.2 Å². The smallest absolute Gasteiger partial charge is 0.364 e. The molecule has 2 aliphatic heterocycles. The molecule has 35 heavy (non-hydrogen) atoms. The molecule has 0 spiro atoms. The molecule has 5 rings (SSSR count). The van der Waals surface area contributed by atoms with E-state index in [1.54, 1.807) is 30.3 Å².